The number of unbranched alkanes of at least 4 members (excludes halogenated alkanes) is 6. The van der Waals surface area contributed by atoms with E-state index in [2.05, 4.69) is 30.1 Å². The Balaban J connectivity index is 1.15. The van der Waals surface area contributed by atoms with E-state index < -0.39 is 209 Å². The highest BCUT2D eigenvalue weighted by molar-refractivity contribution is 5.91. The largest absolute Gasteiger partial charge is 0.467 e. The third kappa shape index (κ3) is 26.8. The molecule has 0 radical (unpaired) electrons. The standard InChI is InChI=1S/C85H115N9O29/c1-10-16-42-105-61-56(49-111-75(96)51-34-26-22-27-35-51)115-82(59(90-93-87)64(61)106-43-17-11-2)120-69-67(108-45-19-13-4)73(110-47-21-15-6)84(122-71(69)79(100)102-7)118-62-55(48-95)113-83(60(91-94-88)66(62)116-77(98)53-38-30-24-31-39-53)121-70-68(109-46-20-14-5)74(117-78(99)54-40-32-25-33-41-54)85(123-72(70)80(101)103-8)119-63-57(50-112-76(97)52-36-28-23-29-37-52)114-81(104-9)58(89-92-86)65(63)107-44-18-12-3/h22-41,55-74,81-85,95H,10-21,42-50H2,1-9H3/t55?,56?,57?,58?,59?,60?,61-,62-,63-,64-,65-,66-,67?,68?,69+,70-,71?,72?,73+,74+,81+,82-,83+,84-,85-/m1/s1. The maximum absolute atomic E-state index is 15.0. The second-order valence-corrected chi connectivity index (χ2v) is 29.5. The van der Waals surface area contributed by atoms with Crippen LogP contribution >= 0.6 is 0 Å². The van der Waals surface area contributed by atoms with E-state index in [1.165, 1.54) is 43.5 Å². The summed E-state index contributed by atoms with van der Waals surface area (Å²) in [5.74, 6) is -5.80. The van der Waals surface area contributed by atoms with Crippen LogP contribution in [-0.4, -0.2) is 275 Å². The van der Waals surface area contributed by atoms with E-state index in [0.717, 1.165) is 20.6 Å². The molecular formula is C85H115N9O29. The SMILES string of the molecule is CCCCOC1[C@H](O[C@H]2OC(COC(=O)c3ccccc3)[C@@H](OCCCC)[C@H](OCCCC)C2N=[N+]=[N-])C(C(=O)OC)O[C@@H](O[C@@H]2C(CO)O[C@@H](O[C@H]3C(C(=O)OC)O[C@@H](O[C@@H]4C(COC(=O)c5ccccc5)O[C@H](OC)C(N=[N+]=[N-])[C@H]4OCCCC)[C@@H](OC(=O)c4ccccc4)C3OCCCC)C(N=[N+]=[N-])[C@H]2OC(=O)c2ccccc2)[C@H]1OCCCC. The number of ether oxygens (including phenoxy) is 22. The van der Waals surface area contributed by atoms with Gasteiger partial charge in [-0.25, -0.2) is 28.8 Å². The Kier molecular flexibility index (Phi) is 41.3. The van der Waals surface area contributed by atoms with Gasteiger partial charge in [0.2, 0.25) is 0 Å². The molecule has 123 heavy (non-hydrogen) atoms. The number of benzene rings is 4. The van der Waals surface area contributed by atoms with Gasteiger partial charge in [0, 0.05) is 61.5 Å². The van der Waals surface area contributed by atoms with Crippen molar-refractivity contribution in [3.05, 3.63) is 175 Å². The molecule has 25 atom stereocenters. The van der Waals surface area contributed by atoms with Crippen LogP contribution in [0, 0.1) is 0 Å². The van der Waals surface area contributed by atoms with Crippen molar-refractivity contribution in [2.45, 2.75) is 272 Å². The molecule has 674 valence electrons. The average molecular weight is 1730 g/mol. The second-order valence-electron chi connectivity index (χ2n) is 29.5. The van der Waals surface area contributed by atoms with Crippen molar-refractivity contribution >= 4 is 35.8 Å². The quantitative estimate of drug-likeness (QED) is 0.0107. The monoisotopic (exact) mass is 1730 g/mol. The zero-order valence-electron chi connectivity index (χ0n) is 70.7. The molecule has 0 spiro atoms. The highest BCUT2D eigenvalue weighted by Crippen LogP contribution is 2.42. The lowest BCUT2D eigenvalue weighted by atomic mass is 9.93. The number of hydrogen-bond donors (Lipinski definition) is 1. The predicted octanol–water partition coefficient (Wildman–Crippen LogP) is 11.5. The minimum atomic E-state index is -2.11. The summed E-state index contributed by atoms with van der Waals surface area (Å²) in [4.78, 5) is 97.0. The van der Waals surface area contributed by atoms with Crippen LogP contribution in [0.5, 0.6) is 0 Å². The average Bonchev–Trinajstić information content (AvgIpc) is 0.756. The zero-order valence-corrected chi connectivity index (χ0v) is 70.7. The van der Waals surface area contributed by atoms with Crippen molar-refractivity contribution in [2.24, 2.45) is 15.3 Å². The van der Waals surface area contributed by atoms with Gasteiger partial charge in [-0.2, -0.15) is 0 Å². The van der Waals surface area contributed by atoms with Gasteiger partial charge in [0.15, 0.2) is 49.8 Å². The van der Waals surface area contributed by atoms with Gasteiger partial charge in [-0.3, -0.25) is 0 Å². The number of aliphatic hydroxyl groups is 1. The molecule has 38 nitrogen and oxygen atoms in total. The van der Waals surface area contributed by atoms with Crippen LogP contribution in [0.1, 0.15) is 160 Å². The van der Waals surface area contributed by atoms with Crippen molar-refractivity contribution in [3.8, 4) is 0 Å². The van der Waals surface area contributed by atoms with E-state index in [-0.39, 0.29) is 61.9 Å². The number of methoxy groups -OCH3 is 3. The first-order chi connectivity index (χ1) is 60.0. The van der Waals surface area contributed by atoms with Crippen LogP contribution in [0.2, 0.25) is 0 Å². The first-order valence-electron chi connectivity index (χ1n) is 42.0. The minimum Gasteiger partial charge on any atom is -0.467 e. The molecular weight excluding hydrogens is 1610 g/mol. The Morgan fingerprint density at radius 2 is 0.642 bits per heavy atom. The number of nitrogens with zero attached hydrogens (tertiary/aromatic N) is 9. The van der Waals surface area contributed by atoms with Gasteiger partial charge < -0.3 is 109 Å². The van der Waals surface area contributed by atoms with E-state index in [1.807, 2.05) is 41.5 Å². The smallest absolute Gasteiger partial charge is 0.338 e. The van der Waals surface area contributed by atoms with Gasteiger partial charge in [-0.1, -0.05) is 168 Å². The fraction of sp³-hybridized carbons (Fsp3) is 0.647. The summed E-state index contributed by atoms with van der Waals surface area (Å²) in [6.07, 6.45) is -30.3. The molecule has 38 heteroatoms. The van der Waals surface area contributed by atoms with Crippen LogP contribution in [0.3, 0.4) is 0 Å². The van der Waals surface area contributed by atoms with Crippen LogP contribution in [0.15, 0.2) is 137 Å². The molecule has 5 heterocycles. The third-order valence-corrected chi connectivity index (χ3v) is 21.0. The summed E-state index contributed by atoms with van der Waals surface area (Å²) in [6.45, 7) is 9.58. The predicted molar refractivity (Wildman–Crippen MR) is 432 cm³/mol. The highest BCUT2D eigenvalue weighted by atomic mass is 16.8. The fourth-order valence-electron chi connectivity index (χ4n) is 14.5. The molecule has 1 N–H and O–H groups in total. The Hall–Kier alpha value is -9.05. The normalized spacial score (nSPS) is 29.9. The molecule has 0 saturated carbocycles. The maximum atomic E-state index is 15.0. The van der Waals surface area contributed by atoms with E-state index >= 15 is 9.59 Å². The Morgan fingerprint density at radius 3 is 1.02 bits per heavy atom. The molecule has 0 amide bonds. The molecule has 0 aromatic heterocycles. The topological polar surface area (TPSA) is 472 Å². The molecule has 10 unspecified atom stereocenters. The van der Waals surface area contributed by atoms with Gasteiger partial charge >= 0.3 is 35.8 Å². The van der Waals surface area contributed by atoms with E-state index in [9.17, 15) is 40.9 Å². The summed E-state index contributed by atoms with van der Waals surface area (Å²) in [6, 6.07) is 26.9. The van der Waals surface area contributed by atoms with Gasteiger partial charge in [0.25, 0.3) is 0 Å². The molecule has 4 aromatic carbocycles. The van der Waals surface area contributed by atoms with Crippen LogP contribution in [0.25, 0.3) is 31.3 Å². The van der Waals surface area contributed by atoms with Gasteiger partial charge in [0.1, 0.15) is 105 Å². The summed E-state index contributed by atoms with van der Waals surface area (Å²) < 4.78 is 143. The van der Waals surface area contributed by atoms with Crippen molar-refractivity contribution in [2.75, 3.05) is 80.8 Å². The van der Waals surface area contributed by atoms with Crippen molar-refractivity contribution in [1.29, 1.82) is 0 Å². The molecule has 5 aliphatic rings. The Labute approximate surface area is 713 Å². The summed E-state index contributed by atoms with van der Waals surface area (Å²) in [7, 11) is 3.42. The number of carbonyl (C=O) groups is 6. The van der Waals surface area contributed by atoms with Crippen molar-refractivity contribution < 1.29 is 138 Å². The molecule has 5 aliphatic heterocycles. The minimum absolute atomic E-state index is 0.00280. The number of rotatable bonds is 49. The van der Waals surface area contributed by atoms with E-state index in [0.29, 0.717) is 70.6 Å². The first kappa shape index (κ1) is 97.8. The molecule has 5 saturated heterocycles. The lowest BCUT2D eigenvalue weighted by Gasteiger charge is -2.51. The number of carbonyl (C=O) groups excluding carboxylic acids is 6. The van der Waals surface area contributed by atoms with Gasteiger partial charge in [0.05, 0.1) is 55.3 Å². The van der Waals surface area contributed by atoms with Gasteiger partial charge in [-0.05, 0) is 104 Å². The Bertz CT molecular complexity index is 4010. The maximum Gasteiger partial charge on any atom is 0.338 e. The first-order valence-corrected chi connectivity index (χ1v) is 42.0. The molecule has 5 fully saturated rings. The van der Waals surface area contributed by atoms with Crippen LogP contribution < -0.4 is 0 Å². The van der Waals surface area contributed by atoms with E-state index in [4.69, 9.17) is 104 Å². The number of hydrogen-bond acceptors (Lipinski definition) is 32. The summed E-state index contributed by atoms with van der Waals surface area (Å²) in [5, 5.41) is 24.4. The molecule has 0 aliphatic carbocycles. The number of azide groups is 3. The second kappa shape index (κ2) is 52.0. The van der Waals surface area contributed by atoms with E-state index in [1.54, 1.807) is 84.9 Å². The molecule has 9 rings (SSSR count). The number of esters is 6. The lowest BCUT2D eigenvalue weighted by Crippen LogP contribution is -2.69. The zero-order chi connectivity index (χ0) is 88.0. The molecule has 0 bridgehead atoms. The lowest BCUT2D eigenvalue weighted by molar-refractivity contribution is -0.380. The van der Waals surface area contributed by atoms with Crippen LogP contribution in [0.4, 0.5) is 0 Å². The Morgan fingerprint density at radius 1 is 0.341 bits per heavy atom. The third-order valence-electron chi connectivity index (χ3n) is 21.0. The number of aliphatic hydroxyl groups excluding tert-OH is 1. The highest BCUT2D eigenvalue weighted by Gasteiger charge is 2.62. The summed E-state index contributed by atoms with van der Waals surface area (Å²) in [5.41, 5.74) is 31.9. The molecule has 4 aromatic rings. The van der Waals surface area contributed by atoms with Crippen LogP contribution in [-0.2, 0) is 114 Å². The van der Waals surface area contributed by atoms with Crippen molar-refractivity contribution in [1.82, 2.24) is 0 Å². The summed E-state index contributed by atoms with van der Waals surface area (Å²) >= 11 is 0. The van der Waals surface area contributed by atoms with Crippen molar-refractivity contribution in [3.63, 3.8) is 0 Å². The van der Waals surface area contributed by atoms with Gasteiger partial charge in [-0.15, -0.1) is 0 Å². The fourth-order valence-corrected chi connectivity index (χ4v) is 14.5.